The first-order chi connectivity index (χ1) is 7.17. The van der Waals surface area contributed by atoms with Gasteiger partial charge in [-0.05, 0) is 17.7 Å². The number of hydrogen-bond acceptors (Lipinski definition) is 3. The molecule has 0 aromatic heterocycles. The number of benzene rings is 1. The molecular formula is C10H13FN2O2. The summed E-state index contributed by atoms with van der Waals surface area (Å²) in [6.45, 7) is 0.168. The van der Waals surface area contributed by atoms with Gasteiger partial charge < -0.3 is 15.8 Å². The van der Waals surface area contributed by atoms with Crippen LogP contribution in [0.5, 0.6) is 0 Å². The van der Waals surface area contributed by atoms with Gasteiger partial charge in [-0.3, -0.25) is 4.79 Å². The highest BCUT2D eigenvalue weighted by molar-refractivity contribution is 5.91. The summed E-state index contributed by atoms with van der Waals surface area (Å²) in [6, 6.07) is 4.43. The number of halogens is 1. The molecule has 0 aliphatic heterocycles. The largest absolute Gasteiger partial charge is 0.375 e. The first-order valence-corrected chi connectivity index (χ1v) is 4.44. The fourth-order valence-corrected chi connectivity index (χ4v) is 1.10. The van der Waals surface area contributed by atoms with E-state index in [4.69, 9.17) is 5.73 Å². The summed E-state index contributed by atoms with van der Waals surface area (Å²) in [5, 5.41) is 2.38. The van der Waals surface area contributed by atoms with Gasteiger partial charge in [0.1, 0.15) is 12.4 Å². The molecule has 15 heavy (non-hydrogen) atoms. The zero-order valence-electron chi connectivity index (χ0n) is 8.42. The van der Waals surface area contributed by atoms with Gasteiger partial charge in [0, 0.05) is 13.7 Å². The van der Waals surface area contributed by atoms with Gasteiger partial charge >= 0.3 is 0 Å². The lowest BCUT2D eigenvalue weighted by Crippen LogP contribution is -2.18. The summed E-state index contributed by atoms with van der Waals surface area (Å²) in [7, 11) is 1.40. The van der Waals surface area contributed by atoms with Crippen molar-refractivity contribution in [3.05, 3.63) is 29.6 Å². The fourth-order valence-electron chi connectivity index (χ4n) is 1.10. The van der Waals surface area contributed by atoms with Gasteiger partial charge in [0.25, 0.3) is 0 Å². The molecule has 0 fully saturated rings. The van der Waals surface area contributed by atoms with Crippen LogP contribution in [-0.4, -0.2) is 19.6 Å². The van der Waals surface area contributed by atoms with Crippen LogP contribution in [0.1, 0.15) is 5.56 Å². The number of ether oxygens (including phenoxy) is 1. The minimum atomic E-state index is -0.498. The number of carbonyl (C=O) groups excluding carboxylic acids is 1. The van der Waals surface area contributed by atoms with Crippen molar-refractivity contribution < 1.29 is 13.9 Å². The molecule has 0 saturated carbocycles. The molecule has 1 aromatic carbocycles. The Morgan fingerprint density at radius 2 is 2.33 bits per heavy atom. The van der Waals surface area contributed by atoms with Crippen LogP contribution >= 0.6 is 0 Å². The molecule has 0 radical (unpaired) electrons. The van der Waals surface area contributed by atoms with E-state index < -0.39 is 11.7 Å². The SMILES string of the molecule is COCC(=O)Nc1ccc(CN)cc1F. The molecule has 1 aromatic rings. The van der Waals surface area contributed by atoms with Crippen molar-refractivity contribution in [1.29, 1.82) is 0 Å². The molecular weight excluding hydrogens is 199 g/mol. The van der Waals surface area contributed by atoms with Gasteiger partial charge in [-0.15, -0.1) is 0 Å². The minimum absolute atomic E-state index is 0.0991. The van der Waals surface area contributed by atoms with E-state index in [1.165, 1.54) is 19.2 Å². The molecule has 0 saturated heterocycles. The minimum Gasteiger partial charge on any atom is -0.375 e. The van der Waals surface area contributed by atoms with E-state index in [2.05, 4.69) is 10.1 Å². The maximum atomic E-state index is 13.3. The highest BCUT2D eigenvalue weighted by Gasteiger charge is 2.06. The summed E-state index contributed by atoms with van der Waals surface area (Å²) in [6.07, 6.45) is 0. The Hall–Kier alpha value is -1.46. The molecule has 1 rings (SSSR count). The van der Waals surface area contributed by atoms with E-state index in [-0.39, 0.29) is 18.8 Å². The molecule has 5 heteroatoms. The third-order valence-corrected chi connectivity index (χ3v) is 1.82. The predicted octanol–water partition coefficient (Wildman–Crippen LogP) is 0.869. The Morgan fingerprint density at radius 3 is 2.87 bits per heavy atom. The van der Waals surface area contributed by atoms with E-state index in [0.717, 1.165) is 0 Å². The van der Waals surface area contributed by atoms with Crippen molar-refractivity contribution in [1.82, 2.24) is 0 Å². The second kappa shape index (κ2) is 5.43. The Balaban J connectivity index is 2.73. The van der Waals surface area contributed by atoms with Crippen molar-refractivity contribution >= 4 is 11.6 Å². The van der Waals surface area contributed by atoms with Crippen molar-refractivity contribution in [2.24, 2.45) is 5.73 Å². The van der Waals surface area contributed by atoms with E-state index in [1.807, 2.05) is 0 Å². The number of hydrogen-bond donors (Lipinski definition) is 2. The molecule has 1 amide bonds. The van der Waals surface area contributed by atoms with Gasteiger partial charge in [0.05, 0.1) is 5.69 Å². The lowest BCUT2D eigenvalue weighted by Gasteiger charge is -2.06. The fraction of sp³-hybridized carbons (Fsp3) is 0.300. The van der Waals surface area contributed by atoms with Crippen LogP contribution in [0.2, 0.25) is 0 Å². The Morgan fingerprint density at radius 1 is 1.60 bits per heavy atom. The quantitative estimate of drug-likeness (QED) is 0.778. The average molecular weight is 212 g/mol. The summed E-state index contributed by atoms with van der Waals surface area (Å²) < 4.78 is 17.9. The van der Waals surface area contributed by atoms with Crippen LogP contribution < -0.4 is 11.1 Å². The molecule has 0 heterocycles. The van der Waals surface area contributed by atoms with Crippen LogP contribution in [0, 0.1) is 5.82 Å². The Labute approximate surface area is 87.2 Å². The maximum absolute atomic E-state index is 13.3. The lowest BCUT2D eigenvalue weighted by atomic mass is 10.2. The average Bonchev–Trinajstić information content (AvgIpc) is 2.21. The molecule has 0 bridgehead atoms. The lowest BCUT2D eigenvalue weighted by molar-refractivity contribution is -0.119. The van der Waals surface area contributed by atoms with Crippen LogP contribution in [-0.2, 0) is 16.1 Å². The van der Waals surface area contributed by atoms with E-state index >= 15 is 0 Å². The van der Waals surface area contributed by atoms with Gasteiger partial charge in [0.15, 0.2) is 0 Å². The van der Waals surface area contributed by atoms with Crippen LogP contribution in [0.3, 0.4) is 0 Å². The zero-order valence-corrected chi connectivity index (χ0v) is 8.42. The first kappa shape index (κ1) is 11.6. The summed E-state index contributed by atoms with van der Waals surface area (Å²) in [5.74, 6) is -0.890. The molecule has 0 aliphatic rings. The van der Waals surface area contributed by atoms with Crippen LogP contribution in [0.15, 0.2) is 18.2 Å². The number of amides is 1. The van der Waals surface area contributed by atoms with Gasteiger partial charge in [0.2, 0.25) is 5.91 Å². The standard InChI is InChI=1S/C10H13FN2O2/c1-15-6-10(14)13-9-3-2-7(5-12)4-8(9)11/h2-4H,5-6,12H2,1H3,(H,13,14). The summed E-state index contributed by atoms with van der Waals surface area (Å²) in [5.41, 5.74) is 6.16. The third kappa shape index (κ3) is 3.30. The third-order valence-electron chi connectivity index (χ3n) is 1.82. The summed E-state index contributed by atoms with van der Waals surface area (Å²) >= 11 is 0. The molecule has 3 N–H and O–H groups in total. The van der Waals surface area contributed by atoms with Crippen molar-refractivity contribution in [3.63, 3.8) is 0 Å². The molecule has 0 atom stereocenters. The monoisotopic (exact) mass is 212 g/mol. The maximum Gasteiger partial charge on any atom is 0.250 e. The zero-order chi connectivity index (χ0) is 11.3. The van der Waals surface area contributed by atoms with Crippen molar-refractivity contribution in [2.75, 3.05) is 19.0 Å². The van der Waals surface area contributed by atoms with Gasteiger partial charge in [-0.2, -0.15) is 0 Å². The second-order valence-corrected chi connectivity index (χ2v) is 3.00. The van der Waals surface area contributed by atoms with Gasteiger partial charge in [-0.1, -0.05) is 6.07 Å². The summed E-state index contributed by atoms with van der Waals surface area (Å²) in [4.78, 5) is 11.1. The molecule has 4 nitrogen and oxygen atoms in total. The number of methoxy groups -OCH3 is 1. The van der Waals surface area contributed by atoms with Crippen LogP contribution in [0.25, 0.3) is 0 Å². The Kier molecular flexibility index (Phi) is 4.20. The molecule has 0 spiro atoms. The number of nitrogens with two attached hydrogens (primary N) is 1. The predicted molar refractivity (Wildman–Crippen MR) is 54.8 cm³/mol. The smallest absolute Gasteiger partial charge is 0.250 e. The number of rotatable bonds is 4. The van der Waals surface area contributed by atoms with E-state index in [9.17, 15) is 9.18 Å². The highest BCUT2D eigenvalue weighted by atomic mass is 19.1. The van der Waals surface area contributed by atoms with Crippen LogP contribution in [0.4, 0.5) is 10.1 Å². The molecule has 0 unspecified atom stereocenters. The topological polar surface area (TPSA) is 64.3 Å². The van der Waals surface area contributed by atoms with E-state index in [1.54, 1.807) is 6.07 Å². The van der Waals surface area contributed by atoms with Crippen molar-refractivity contribution in [3.8, 4) is 0 Å². The van der Waals surface area contributed by atoms with Gasteiger partial charge in [-0.25, -0.2) is 4.39 Å². The molecule has 0 aliphatic carbocycles. The molecule has 82 valence electrons. The number of nitrogens with one attached hydrogen (secondary N) is 1. The van der Waals surface area contributed by atoms with E-state index in [0.29, 0.717) is 5.56 Å². The highest BCUT2D eigenvalue weighted by Crippen LogP contribution is 2.15. The van der Waals surface area contributed by atoms with Crippen molar-refractivity contribution in [2.45, 2.75) is 6.54 Å². The normalized spacial score (nSPS) is 10.1. The number of anilines is 1. The number of carbonyl (C=O) groups is 1. The second-order valence-electron chi connectivity index (χ2n) is 3.00. The Bertz CT molecular complexity index is 355. The first-order valence-electron chi connectivity index (χ1n) is 4.44.